The van der Waals surface area contributed by atoms with Gasteiger partial charge in [0.1, 0.15) is 0 Å². The van der Waals surface area contributed by atoms with Gasteiger partial charge in [-0.3, -0.25) is 0 Å². The second-order valence-corrected chi connectivity index (χ2v) is 14.1. The highest BCUT2D eigenvalue weighted by atomic mass is 14.7. The topological polar surface area (TPSA) is 25.8 Å². The van der Waals surface area contributed by atoms with Crippen molar-refractivity contribution in [3.8, 4) is 67.2 Å². The molecule has 2 nitrogen and oxygen atoms in total. The van der Waals surface area contributed by atoms with Crippen LogP contribution in [0.4, 0.5) is 0 Å². The molecule has 2 heteroatoms. The fourth-order valence-corrected chi connectivity index (χ4v) is 7.73. The predicted molar refractivity (Wildman–Crippen MR) is 238 cm³/mol. The highest BCUT2D eigenvalue weighted by Gasteiger charge is 2.16. The molecule has 0 saturated heterocycles. The third-order valence-electron chi connectivity index (χ3n) is 10.5. The summed E-state index contributed by atoms with van der Waals surface area (Å²) in [6, 6.07) is 67.3. The molecule has 56 heavy (non-hydrogen) atoms. The number of rotatable bonds is 8. The fourth-order valence-electron chi connectivity index (χ4n) is 7.73. The van der Waals surface area contributed by atoms with Crippen LogP contribution in [0.1, 0.15) is 19.5 Å². The number of hydrogen-bond acceptors (Lipinski definition) is 2. The lowest BCUT2D eigenvalue weighted by Crippen LogP contribution is -1.95. The lowest BCUT2D eigenvalue weighted by atomic mass is 9.88. The van der Waals surface area contributed by atoms with Gasteiger partial charge >= 0.3 is 0 Å². The summed E-state index contributed by atoms with van der Waals surface area (Å²) in [5, 5.41) is 4.95. The van der Waals surface area contributed by atoms with Gasteiger partial charge in [-0.05, 0) is 123 Å². The van der Waals surface area contributed by atoms with Crippen LogP contribution in [0.2, 0.25) is 0 Å². The van der Waals surface area contributed by atoms with E-state index in [2.05, 4.69) is 220 Å². The van der Waals surface area contributed by atoms with Crippen LogP contribution in [0, 0.1) is 0 Å². The summed E-state index contributed by atoms with van der Waals surface area (Å²) in [5.74, 6) is 0. The number of pyridine rings is 2. The van der Waals surface area contributed by atoms with Crippen molar-refractivity contribution < 1.29 is 0 Å². The van der Waals surface area contributed by atoms with E-state index in [9.17, 15) is 0 Å². The molecule has 0 amide bonds. The van der Waals surface area contributed by atoms with Crippen molar-refractivity contribution in [2.75, 3.05) is 0 Å². The average molecular weight is 717 g/mol. The normalized spacial score (nSPS) is 11.8. The number of allylic oxidation sites excluding steroid dienone is 4. The Labute approximate surface area is 328 Å². The molecule has 0 aliphatic heterocycles. The molecular weight excluding hydrogens is 677 g/mol. The molecule has 2 aromatic heterocycles. The molecule has 0 N–H and O–H groups in total. The zero-order chi connectivity index (χ0) is 37.8. The lowest BCUT2D eigenvalue weighted by Gasteiger charge is -2.17. The van der Waals surface area contributed by atoms with E-state index in [1.807, 2.05) is 0 Å². The molecule has 0 saturated carbocycles. The molecule has 0 radical (unpaired) electrons. The van der Waals surface area contributed by atoms with E-state index in [1.165, 1.54) is 27.1 Å². The van der Waals surface area contributed by atoms with Gasteiger partial charge in [0.05, 0.1) is 22.8 Å². The Morgan fingerprint density at radius 1 is 0.375 bits per heavy atom. The third kappa shape index (κ3) is 6.85. The van der Waals surface area contributed by atoms with Crippen molar-refractivity contribution in [2.24, 2.45) is 0 Å². The van der Waals surface area contributed by atoms with Crippen molar-refractivity contribution in [2.45, 2.75) is 13.8 Å². The van der Waals surface area contributed by atoms with E-state index < -0.39 is 0 Å². The molecule has 0 bridgehead atoms. The van der Waals surface area contributed by atoms with Gasteiger partial charge in [-0.15, -0.1) is 0 Å². The Hall–Kier alpha value is -7.16. The smallest absolute Gasteiger partial charge is 0.0715 e. The first-order chi connectivity index (χ1) is 27.6. The van der Waals surface area contributed by atoms with E-state index in [-0.39, 0.29) is 0 Å². The van der Waals surface area contributed by atoms with E-state index in [1.54, 1.807) is 0 Å². The predicted octanol–water partition coefficient (Wildman–Crippen LogP) is 14.8. The van der Waals surface area contributed by atoms with Gasteiger partial charge in [0, 0.05) is 16.7 Å². The van der Waals surface area contributed by atoms with Crippen LogP contribution >= 0.6 is 0 Å². The average Bonchev–Trinajstić information content (AvgIpc) is 3.28. The summed E-state index contributed by atoms with van der Waals surface area (Å²) < 4.78 is 0. The summed E-state index contributed by atoms with van der Waals surface area (Å²) in [5.41, 5.74) is 14.9. The van der Waals surface area contributed by atoms with Crippen molar-refractivity contribution >= 4 is 27.1 Å². The molecule has 0 fully saturated rings. The lowest BCUT2D eigenvalue weighted by molar-refractivity contribution is 1.28. The van der Waals surface area contributed by atoms with Gasteiger partial charge in [-0.1, -0.05) is 158 Å². The molecule has 0 aliphatic rings. The minimum absolute atomic E-state index is 0.937. The highest BCUT2D eigenvalue weighted by molar-refractivity contribution is 6.14. The van der Waals surface area contributed by atoms with Crippen LogP contribution in [0.25, 0.3) is 94.3 Å². The maximum atomic E-state index is 5.22. The molecule has 0 spiro atoms. The van der Waals surface area contributed by atoms with E-state index in [0.29, 0.717) is 0 Å². The number of nitrogens with zero attached hydrogens (tertiary/aromatic N) is 2. The quantitative estimate of drug-likeness (QED) is 0.116. The zero-order valence-corrected chi connectivity index (χ0v) is 31.5. The number of fused-ring (bicyclic) bond motifs is 3. The van der Waals surface area contributed by atoms with E-state index in [4.69, 9.17) is 9.97 Å². The fraction of sp³-hybridized carbons (Fsp3) is 0.0370. The monoisotopic (exact) mass is 716 g/mol. The summed E-state index contributed by atoms with van der Waals surface area (Å²) in [4.78, 5) is 10.4. The number of aromatic nitrogens is 2. The third-order valence-corrected chi connectivity index (χ3v) is 10.5. The molecule has 0 aliphatic carbocycles. The Kier molecular flexibility index (Phi) is 9.45. The van der Waals surface area contributed by atoms with Gasteiger partial charge < -0.3 is 0 Å². The molecule has 9 aromatic rings. The Morgan fingerprint density at radius 2 is 0.821 bits per heavy atom. The van der Waals surface area contributed by atoms with Crippen molar-refractivity contribution in [1.82, 2.24) is 9.97 Å². The van der Waals surface area contributed by atoms with Crippen LogP contribution in [-0.2, 0) is 0 Å². The van der Waals surface area contributed by atoms with Crippen molar-refractivity contribution in [1.29, 1.82) is 0 Å². The second-order valence-electron chi connectivity index (χ2n) is 14.1. The van der Waals surface area contributed by atoms with Crippen molar-refractivity contribution in [3.63, 3.8) is 0 Å². The van der Waals surface area contributed by atoms with E-state index >= 15 is 0 Å². The molecule has 9 rings (SSSR count). The Morgan fingerprint density at radius 3 is 1.38 bits per heavy atom. The molecule has 7 aromatic carbocycles. The molecule has 2 heterocycles. The Bertz CT molecular complexity index is 2850. The first-order valence-electron chi connectivity index (χ1n) is 19.2. The van der Waals surface area contributed by atoms with Crippen LogP contribution in [0.15, 0.2) is 206 Å². The van der Waals surface area contributed by atoms with Crippen LogP contribution in [0.5, 0.6) is 0 Å². The minimum Gasteiger partial charge on any atom is -0.248 e. The van der Waals surface area contributed by atoms with Crippen LogP contribution in [0.3, 0.4) is 0 Å². The summed E-state index contributed by atoms with van der Waals surface area (Å²) >= 11 is 0. The van der Waals surface area contributed by atoms with Crippen LogP contribution < -0.4 is 0 Å². The van der Waals surface area contributed by atoms with Gasteiger partial charge in [0.2, 0.25) is 0 Å². The van der Waals surface area contributed by atoms with Gasteiger partial charge in [0.25, 0.3) is 0 Å². The maximum absolute atomic E-state index is 5.22. The standard InChI is InChI=1S/C54H40N2/c1-3-18-37(4-2)51-33-44(34-52(55-51)38-19-8-5-9-20-38)42-29-43(31-46(30-42)50-32-41-25-14-15-26-47(41)48-27-16-17-28-49(48)50)45-35-53(39-21-10-6-11-22-39)56-54(36-45)40-23-12-7-13-24-40/h3-36H,1-2H3/b18-3-,37-4+. The zero-order valence-electron chi connectivity index (χ0n) is 31.5. The molecule has 0 unspecified atom stereocenters. The first kappa shape index (κ1) is 34.6. The number of benzene rings is 7. The Balaban J connectivity index is 1.35. The van der Waals surface area contributed by atoms with E-state index in [0.717, 1.165) is 72.9 Å². The first-order valence-corrected chi connectivity index (χ1v) is 19.2. The van der Waals surface area contributed by atoms with Crippen LogP contribution in [-0.4, -0.2) is 9.97 Å². The summed E-state index contributed by atoms with van der Waals surface area (Å²) in [6.45, 7) is 4.13. The van der Waals surface area contributed by atoms with Gasteiger partial charge in [-0.25, -0.2) is 9.97 Å². The van der Waals surface area contributed by atoms with Crippen molar-refractivity contribution in [3.05, 3.63) is 212 Å². The second kappa shape index (κ2) is 15.3. The SMILES string of the molecule is C/C=C\C(=C/C)c1cc(-c2cc(-c3cc(-c4ccccc4)nc(-c4ccccc4)c3)cc(-c3cc4ccccc4c4ccccc34)c2)cc(-c2ccccc2)n1. The maximum Gasteiger partial charge on any atom is 0.0715 e. The summed E-state index contributed by atoms with van der Waals surface area (Å²) in [7, 11) is 0. The number of hydrogen-bond donors (Lipinski definition) is 0. The highest BCUT2D eigenvalue weighted by Crippen LogP contribution is 2.41. The summed E-state index contributed by atoms with van der Waals surface area (Å²) in [6.07, 6.45) is 6.35. The molecule has 266 valence electrons. The minimum atomic E-state index is 0.937. The van der Waals surface area contributed by atoms with Gasteiger partial charge in [-0.2, -0.15) is 0 Å². The van der Waals surface area contributed by atoms with Gasteiger partial charge in [0.15, 0.2) is 0 Å². The molecular formula is C54H40N2. The molecule has 0 atom stereocenters. The largest absolute Gasteiger partial charge is 0.248 e.